The van der Waals surface area contributed by atoms with Gasteiger partial charge in [-0.2, -0.15) is 0 Å². The molecule has 3 aromatic rings. The van der Waals surface area contributed by atoms with Gasteiger partial charge in [0, 0.05) is 23.8 Å². The average molecular weight is 411 g/mol. The third-order valence-electron chi connectivity index (χ3n) is 4.40. The number of rotatable bonds is 8. The maximum Gasteiger partial charge on any atom is 0.341 e. The first kappa shape index (κ1) is 20.5. The number of carboxylic acids is 1. The minimum Gasteiger partial charge on any atom is -0.481 e. The van der Waals surface area contributed by atoms with Gasteiger partial charge in [-0.05, 0) is 29.7 Å². The molecule has 6 nitrogen and oxygen atoms in total. The third-order valence-corrected chi connectivity index (χ3v) is 5.29. The van der Waals surface area contributed by atoms with Gasteiger partial charge in [0.05, 0.1) is 6.61 Å². The van der Waals surface area contributed by atoms with Crippen LogP contribution in [0.15, 0.2) is 47.8 Å². The maximum atomic E-state index is 12.7. The summed E-state index contributed by atoms with van der Waals surface area (Å²) in [6, 6.07) is 13.7. The van der Waals surface area contributed by atoms with E-state index in [4.69, 9.17) is 9.84 Å². The fraction of sp³-hybridized carbons (Fsp3) is 0.227. The molecule has 0 aliphatic rings. The highest BCUT2D eigenvalue weighted by Crippen LogP contribution is 2.39. The van der Waals surface area contributed by atoms with E-state index in [1.54, 1.807) is 6.92 Å². The molecule has 0 saturated heterocycles. The van der Waals surface area contributed by atoms with Crippen molar-refractivity contribution < 1.29 is 24.2 Å². The minimum absolute atomic E-state index is 0.0655. The predicted molar refractivity (Wildman–Crippen MR) is 113 cm³/mol. The Kier molecular flexibility index (Phi) is 6.61. The third kappa shape index (κ3) is 4.81. The number of amides is 1. The van der Waals surface area contributed by atoms with Gasteiger partial charge in [-0.25, -0.2) is 4.79 Å². The first-order chi connectivity index (χ1) is 14.0. The molecule has 2 N–H and O–H groups in total. The summed E-state index contributed by atoms with van der Waals surface area (Å²) < 4.78 is 5.23. The van der Waals surface area contributed by atoms with E-state index in [2.05, 4.69) is 5.32 Å². The Hall–Kier alpha value is -3.19. The van der Waals surface area contributed by atoms with E-state index < -0.39 is 11.9 Å². The van der Waals surface area contributed by atoms with Gasteiger partial charge in [0.25, 0.3) is 0 Å². The standard InChI is InChI=1S/C22H21NO5S/c1-2-28-22(27)20-17(16-10-5-8-14-7-3-4-9-15(14)16)13-29-21(20)23-18(24)11-6-12-19(25)26/h3-5,7-10,13H,2,6,11-12H2,1H3,(H,23,24)(H,25,26). The van der Waals surface area contributed by atoms with Crippen LogP contribution in [0.1, 0.15) is 36.5 Å². The van der Waals surface area contributed by atoms with Gasteiger partial charge in [0.2, 0.25) is 5.91 Å². The van der Waals surface area contributed by atoms with Crippen molar-refractivity contribution in [3.05, 3.63) is 53.4 Å². The van der Waals surface area contributed by atoms with Crippen LogP contribution < -0.4 is 5.32 Å². The lowest BCUT2D eigenvalue weighted by molar-refractivity contribution is -0.137. The van der Waals surface area contributed by atoms with Crippen molar-refractivity contribution >= 4 is 45.0 Å². The predicted octanol–water partition coefficient (Wildman–Crippen LogP) is 4.94. The van der Waals surface area contributed by atoms with Gasteiger partial charge in [-0.3, -0.25) is 9.59 Å². The highest BCUT2D eigenvalue weighted by molar-refractivity contribution is 7.15. The molecule has 1 aromatic heterocycles. The zero-order valence-corrected chi connectivity index (χ0v) is 16.8. The molecule has 7 heteroatoms. The van der Waals surface area contributed by atoms with Crippen molar-refractivity contribution in [2.45, 2.75) is 26.2 Å². The van der Waals surface area contributed by atoms with Crippen LogP contribution in [0.4, 0.5) is 5.00 Å². The number of carbonyl (C=O) groups excluding carboxylic acids is 2. The normalized spacial score (nSPS) is 10.7. The zero-order chi connectivity index (χ0) is 20.8. The van der Waals surface area contributed by atoms with Crippen molar-refractivity contribution in [3.8, 4) is 11.1 Å². The van der Waals surface area contributed by atoms with Crippen LogP contribution in [0.25, 0.3) is 21.9 Å². The first-order valence-corrected chi connectivity index (χ1v) is 10.2. The number of carbonyl (C=O) groups is 3. The molecule has 2 aromatic carbocycles. The molecule has 0 unspecified atom stereocenters. The molecular weight excluding hydrogens is 390 g/mol. The molecule has 3 rings (SSSR count). The summed E-state index contributed by atoms with van der Waals surface area (Å²) in [7, 11) is 0. The molecule has 0 aliphatic carbocycles. The Labute approximate surface area is 172 Å². The SMILES string of the molecule is CCOC(=O)c1c(-c2cccc3ccccc23)csc1NC(=O)CCCC(=O)O. The quantitative estimate of drug-likeness (QED) is 0.512. The number of hydrogen-bond donors (Lipinski definition) is 2. The van der Waals surface area contributed by atoms with E-state index in [9.17, 15) is 14.4 Å². The smallest absolute Gasteiger partial charge is 0.341 e. The second kappa shape index (κ2) is 9.34. The maximum absolute atomic E-state index is 12.7. The zero-order valence-electron chi connectivity index (χ0n) is 15.9. The minimum atomic E-state index is -0.945. The lowest BCUT2D eigenvalue weighted by Crippen LogP contribution is -2.14. The first-order valence-electron chi connectivity index (χ1n) is 9.29. The number of carboxylic acid groups (broad SMARTS) is 1. The van der Waals surface area contributed by atoms with Crippen LogP contribution in [0.2, 0.25) is 0 Å². The summed E-state index contributed by atoms with van der Waals surface area (Å²) in [5.74, 6) is -1.78. The number of benzene rings is 2. The molecule has 0 fully saturated rings. The number of anilines is 1. The van der Waals surface area contributed by atoms with E-state index in [0.29, 0.717) is 16.1 Å². The summed E-state index contributed by atoms with van der Waals surface area (Å²) in [6.45, 7) is 1.95. The Bertz CT molecular complexity index is 1050. The lowest BCUT2D eigenvalue weighted by Gasteiger charge is -2.10. The van der Waals surface area contributed by atoms with Crippen molar-refractivity contribution in [1.29, 1.82) is 0 Å². The molecule has 0 aliphatic heterocycles. The Morgan fingerprint density at radius 3 is 2.55 bits per heavy atom. The van der Waals surface area contributed by atoms with Crippen LogP contribution in [-0.2, 0) is 14.3 Å². The summed E-state index contributed by atoms with van der Waals surface area (Å²) in [5.41, 5.74) is 1.90. The molecular formula is C22H21NO5S. The van der Waals surface area contributed by atoms with Crippen LogP contribution in [0.5, 0.6) is 0 Å². The number of hydrogen-bond acceptors (Lipinski definition) is 5. The second-order valence-corrected chi connectivity index (χ2v) is 7.28. The fourth-order valence-electron chi connectivity index (χ4n) is 3.10. The number of fused-ring (bicyclic) bond motifs is 1. The molecule has 0 radical (unpaired) electrons. The van der Waals surface area contributed by atoms with Crippen LogP contribution in [0.3, 0.4) is 0 Å². The average Bonchev–Trinajstić information content (AvgIpc) is 3.10. The monoisotopic (exact) mass is 411 g/mol. The van der Waals surface area contributed by atoms with Gasteiger partial charge in [-0.1, -0.05) is 42.5 Å². The number of nitrogens with one attached hydrogen (secondary N) is 1. The fourth-order valence-corrected chi connectivity index (χ4v) is 4.07. The van der Waals surface area contributed by atoms with Crippen molar-refractivity contribution in [3.63, 3.8) is 0 Å². The largest absolute Gasteiger partial charge is 0.481 e. The Morgan fingerprint density at radius 1 is 1.03 bits per heavy atom. The molecule has 0 spiro atoms. The Morgan fingerprint density at radius 2 is 1.79 bits per heavy atom. The highest BCUT2D eigenvalue weighted by Gasteiger charge is 2.23. The van der Waals surface area contributed by atoms with E-state index in [0.717, 1.165) is 16.3 Å². The van der Waals surface area contributed by atoms with E-state index >= 15 is 0 Å². The number of aliphatic carboxylic acids is 1. The molecule has 0 atom stereocenters. The van der Waals surface area contributed by atoms with Crippen molar-refractivity contribution in [2.75, 3.05) is 11.9 Å². The number of ether oxygens (including phenoxy) is 1. The second-order valence-electron chi connectivity index (χ2n) is 6.40. The highest BCUT2D eigenvalue weighted by atomic mass is 32.1. The molecule has 1 heterocycles. The summed E-state index contributed by atoms with van der Waals surface area (Å²) in [6.07, 6.45) is 0.220. The summed E-state index contributed by atoms with van der Waals surface area (Å²) >= 11 is 1.25. The van der Waals surface area contributed by atoms with Crippen molar-refractivity contribution in [1.82, 2.24) is 0 Å². The number of thiophene rings is 1. The topological polar surface area (TPSA) is 92.7 Å². The molecule has 0 bridgehead atoms. The van der Waals surface area contributed by atoms with Crippen LogP contribution >= 0.6 is 11.3 Å². The summed E-state index contributed by atoms with van der Waals surface area (Å²) in [4.78, 5) is 35.6. The van der Waals surface area contributed by atoms with Crippen molar-refractivity contribution in [2.24, 2.45) is 0 Å². The van der Waals surface area contributed by atoms with E-state index in [1.807, 2.05) is 47.8 Å². The molecule has 29 heavy (non-hydrogen) atoms. The van der Waals surface area contributed by atoms with Crippen LogP contribution in [-0.4, -0.2) is 29.6 Å². The van der Waals surface area contributed by atoms with Gasteiger partial charge < -0.3 is 15.2 Å². The molecule has 1 amide bonds. The molecule has 0 saturated carbocycles. The van der Waals surface area contributed by atoms with Gasteiger partial charge >= 0.3 is 11.9 Å². The van der Waals surface area contributed by atoms with E-state index in [1.165, 1.54) is 11.3 Å². The number of esters is 1. The Balaban J connectivity index is 1.97. The molecule has 150 valence electrons. The van der Waals surface area contributed by atoms with Crippen LogP contribution in [0, 0.1) is 0 Å². The van der Waals surface area contributed by atoms with E-state index in [-0.39, 0.29) is 31.8 Å². The summed E-state index contributed by atoms with van der Waals surface area (Å²) in [5, 5.41) is 15.8. The van der Waals surface area contributed by atoms with Gasteiger partial charge in [0.1, 0.15) is 10.6 Å². The lowest BCUT2D eigenvalue weighted by atomic mass is 9.97. The van der Waals surface area contributed by atoms with Gasteiger partial charge in [-0.15, -0.1) is 11.3 Å². The van der Waals surface area contributed by atoms with Gasteiger partial charge in [0.15, 0.2) is 0 Å².